The molecule has 4 rings (SSSR count). The van der Waals surface area contributed by atoms with Crippen LogP contribution >= 0.6 is 0 Å². The van der Waals surface area contributed by atoms with Gasteiger partial charge in [0.2, 0.25) is 0 Å². The average Bonchev–Trinajstić information content (AvgIpc) is 3.06. The summed E-state index contributed by atoms with van der Waals surface area (Å²) in [5, 5.41) is 0. The molecule has 0 saturated carbocycles. The molecule has 2 heterocycles. The van der Waals surface area contributed by atoms with Crippen LogP contribution < -0.4 is 0 Å². The van der Waals surface area contributed by atoms with Gasteiger partial charge in [-0.1, -0.05) is 60.7 Å². The highest BCUT2D eigenvalue weighted by Gasteiger charge is 2.60. The Morgan fingerprint density at radius 3 is 2.14 bits per heavy atom. The molecular weight excluding hydrogens is 268 g/mol. The normalized spacial score (nSPS) is 29.5. The zero-order valence-electron chi connectivity index (χ0n) is 13.0. The number of fused-ring (bicyclic) bond motifs is 1. The molecule has 2 aliphatic rings. The Morgan fingerprint density at radius 2 is 1.59 bits per heavy atom. The zero-order valence-corrected chi connectivity index (χ0v) is 13.0. The van der Waals surface area contributed by atoms with Crippen LogP contribution in [0.3, 0.4) is 0 Å². The minimum absolute atomic E-state index is 0.00733. The Labute approximate surface area is 134 Å². The molecule has 2 saturated heterocycles. The summed E-state index contributed by atoms with van der Waals surface area (Å²) in [6, 6.07) is 21.4. The summed E-state index contributed by atoms with van der Waals surface area (Å²) in [6.07, 6.45) is 2.26. The van der Waals surface area contributed by atoms with E-state index in [1.165, 1.54) is 11.1 Å². The van der Waals surface area contributed by atoms with Gasteiger partial charge >= 0.3 is 7.05 Å². The predicted octanol–water partition coefficient (Wildman–Crippen LogP) is 3.14. The first-order valence-electron chi connectivity index (χ1n) is 8.13. The van der Waals surface area contributed by atoms with Gasteiger partial charge in [0.15, 0.2) is 5.60 Å². The highest BCUT2D eigenvalue weighted by atomic mass is 16.5. The summed E-state index contributed by atoms with van der Waals surface area (Å²) in [6.45, 7) is 3.11. The van der Waals surface area contributed by atoms with E-state index in [4.69, 9.17) is 12.6 Å². The molecule has 0 aromatic heterocycles. The van der Waals surface area contributed by atoms with Gasteiger partial charge < -0.3 is 8.96 Å². The fraction of sp³-hybridized carbons (Fsp3) is 0.333. The highest BCUT2D eigenvalue weighted by molar-refractivity contribution is 6.47. The van der Waals surface area contributed by atoms with Gasteiger partial charge in [-0.2, -0.15) is 0 Å². The van der Waals surface area contributed by atoms with E-state index in [-0.39, 0.29) is 13.1 Å². The number of quaternary nitrogens is 1. The van der Waals surface area contributed by atoms with Crippen molar-refractivity contribution in [1.29, 1.82) is 0 Å². The Morgan fingerprint density at radius 1 is 1.05 bits per heavy atom. The number of benzene rings is 2. The minimum atomic E-state index is -0.437. The number of hydrogen-bond donors (Lipinski definition) is 0. The van der Waals surface area contributed by atoms with Crippen LogP contribution in [0.1, 0.15) is 24.0 Å². The van der Waals surface area contributed by atoms with Gasteiger partial charge in [-0.15, -0.1) is 0 Å². The molecule has 2 aromatic rings. The Hall–Kier alpha value is -1.51. The molecule has 0 N–H and O–H groups in total. The van der Waals surface area contributed by atoms with Crippen molar-refractivity contribution in [3.05, 3.63) is 71.8 Å². The molecule has 0 aliphatic carbocycles. The molecule has 1 unspecified atom stereocenters. The average molecular weight is 288 g/mol. The summed E-state index contributed by atoms with van der Waals surface area (Å²) in [7, 11) is 6.78. The third-order valence-corrected chi connectivity index (χ3v) is 5.51. The summed E-state index contributed by atoms with van der Waals surface area (Å²) in [5.74, 6) is 0. The molecule has 0 bridgehead atoms. The lowest BCUT2D eigenvalue weighted by atomic mass is 9.75. The standard InChI is InChI=1S/C18H20B2NO/c1-20-21(19)14-8-13-17(21)18(22-20,15-9-4-2-5-10-15)16-11-6-3-7-12-16/h2-7,9-12,17H,8,13-14H2,1H3/t17-,21?/m1/s1. The molecule has 109 valence electrons. The van der Waals surface area contributed by atoms with Gasteiger partial charge in [-0.25, -0.2) is 7.98 Å². The largest absolute Gasteiger partial charge is 0.630 e. The van der Waals surface area contributed by atoms with E-state index in [1.54, 1.807) is 0 Å². The summed E-state index contributed by atoms with van der Waals surface area (Å²) in [4.78, 5) is 0. The van der Waals surface area contributed by atoms with Crippen molar-refractivity contribution in [2.45, 2.75) is 31.3 Å². The zero-order chi connectivity index (χ0) is 15.2. The van der Waals surface area contributed by atoms with Crippen LogP contribution in [-0.2, 0) is 10.3 Å². The predicted molar refractivity (Wildman–Crippen MR) is 90.3 cm³/mol. The number of nitrogens with zero attached hydrogens (tertiary/aromatic N) is 1. The maximum Gasteiger partial charge on any atom is 0.520 e. The first-order valence-corrected chi connectivity index (χ1v) is 8.13. The van der Waals surface area contributed by atoms with Crippen LogP contribution in [0, 0.1) is 0 Å². The van der Waals surface area contributed by atoms with E-state index >= 15 is 0 Å². The van der Waals surface area contributed by atoms with Gasteiger partial charge in [-0.05, 0) is 17.5 Å². The third kappa shape index (κ3) is 1.77. The minimum Gasteiger partial charge on any atom is -0.630 e. The van der Waals surface area contributed by atoms with E-state index in [2.05, 4.69) is 67.5 Å². The van der Waals surface area contributed by atoms with Crippen molar-refractivity contribution in [2.75, 3.05) is 6.54 Å². The highest BCUT2D eigenvalue weighted by Crippen LogP contribution is 2.51. The Bertz CT molecular complexity index is 624. The lowest BCUT2D eigenvalue weighted by Gasteiger charge is -2.51. The van der Waals surface area contributed by atoms with Crippen LogP contribution in [0.4, 0.5) is 0 Å². The van der Waals surface area contributed by atoms with E-state index in [1.807, 2.05) is 0 Å². The summed E-state index contributed by atoms with van der Waals surface area (Å²) >= 11 is 0. The van der Waals surface area contributed by atoms with Crippen LogP contribution in [0.5, 0.6) is 0 Å². The molecular formula is C18H20B2NO. The van der Waals surface area contributed by atoms with E-state index in [0.717, 1.165) is 19.4 Å². The third-order valence-electron chi connectivity index (χ3n) is 5.51. The Balaban J connectivity index is 1.95. The van der Waals surface area contributed by atoms with Crippen LogP contribution in [0.2, 0.25) is 6.82 Å². The van der Waals surface area contributed by atoms with Crippen molar-refractivity contribution in [3.63, 3.8) is 0 Å². The van der Waals surface area contributed by atoms with Gasteiger partial charge in [0.05, 0.1) is 6.04 Å². The van der Waals surface area contributed by atoms with Crippen molar-refractivity contribution in [3.8, 4) is 0 Å². The van der Waals surface area contributed by atoms with Crippen LogP contribution in [0.25, 0.3) is 0 Å². The smallest absolute Gasteiger partial charge is 0.520 e. The van der Waals surface area contributed by atoms with Gasteiger partial charge in [0, 0.05) is 19.8 Å². The molecule has 0 amide bonds. The topological polar surface area (TPSA) is 9.23 Å². The SMILES string of the molecule is [B-][N+]12CCC[C@@H]1C(c1ccccc1)(c1ccccc1)OB2C. The van der Waals surface area contributed by atoms with Crippen LogP contribution in [0.15, 0.2) is 60.7 Å². The lowest BCUT2D eigenvalue weighted by Crippen LogP contribution is -2.55. The molecule has 0 spiro atoms. The fourth-order valence-electron chi connectivity index (χ4n) is 4.44. The molecule has 2 fully saturated rings. The second-order valence-electron chi connectivity index (χ2n) is 6.56. The first-order chi connectivity index (χ1) is 10.7. The van der Waals surface area contributed by atoms with Crippen molar-refractivity contribution in [2.24, 2.45) is 0 Å². The van der Waals surface area contributed by atoms with Gasteiger partial charge in [0.25, 0.3) is 0 Å². The van der Waals surface area contributed by atoms with Crippen LogP contribution in [-0.4, -0.2) is 31.9 Å². The van der Waals surface area contributed by atoms with Gasteiger partial charge in [0.1, 0.15) is 0 Å². The molecule has 4 heteroatoms. The summed E-state index contributed by atoms with van der Waals surface area (Å²) < 4.78 is 7.17. The second-order valence-corrected chi connectivity index (χ2v) is 6.56. The summed E-state index contributed by atoms with van der Waals surface area (Å²) in [5.41, 5.74) is 1.99. The Kier molecular flexibility index (Phi) is 3.21. The molecule has 2 nitrogen and oxygen atoms in total. The molecule has 2 aliphatic heterocycles. The van der Waals surface area contributed by atoms with Crippen molar-refractivity contribution >= 4 is 15.0 Å². The first kappa shape index (κ1) is 14.1. The quantitative estimate of drug-likeness (QED) is 0.771. The molecule has 2 atom stereocenters. The maximum absolute atomic E-state index is 6.77. The molecule has 2 aromatic carbocycles. The van der Waals surface area contributed by atoms with Crippen molar-refractivity contribution < 1.29 is 8.96 Å². The monoisotopic (exact) mass is 288 g/mol. The van der Waals surface area contributed by atoms with Crippen molar-refractivity contribution in [1.82, 2.24) is 0 Å². The number of rotatable bonds is 2. The second kappa shape index (κ2) is 5.00. The maximum atomic E-state index is 6.77. The van der Waals surface area contributed by atoms with E-state index in [9.17, 15) is 0 Å². The fourth-order valence-corrected chi connectivity index (χ4v) is 4.44. The molecule has 22 heavy (non-hydrogen) atoms. The lowest BCUT2D eigenvalue weighted by molar-refractivity contribution is -0.716. The molecule has 3 radical (unpaired) electrons. The number of hydrogen-bond acceptors (Lipinski definition) is 1. The van der Waals surface area contributed by atoms with Gasteiger partial charge in [-0.3, -0.25) is 0 Å². The van der Waals surface area contributed by atoms with E-state index < -0.39 is 5.60 Å². The van der Waals surface area contributed by atoms with E-state index in [0.29, 0.717) is 4.31 Å².